The van der Waals surface area contributed by atoms with E-state index in [4.69, 9.17) is 28.4 Å². The summed E-state index contributed by atoms with van der Waals surface area (Å²) in [5, 5.41) is 20.2. The zero-order chi connectivity index (χ0) is 37.2. The summed E-state index contributed by atoms with van der Waals surface area (Å²) in [7, 11) is 3.06. The number of ether oxygens (including phenoxy) is 6. The quantitative estimate of drug-likeness (QED) is 0.258. The summed E-state index contributed by atoms with van der Waals surface area (Å²) in [6.07, 6.45) is 9.97. The molecule has 4 aliphatic heterocycles. The molecule has 2 amide bonds. The van der Waals surface area contributed by atoms with Crippen LogP contribution in [0.25, 0.3) is 0 Å². The van der Waals surface area contributed by atoms with Crippen LogP contribution in [-0.2, 0) is 41.4 Å². The molecule has 53 heavy (non-hydrogen) atoms. The summed E-state index contributed by atoms with van der Waals surface area (Å²) in [6.45, 7) is 4.05. The largest absolute Gasteiger partial charge is 0.504 e. The van der Waals surface area contributed by atoms with Crippen molar-refractivity contribution in [3.8, 4) is 23.0 Å². The molecule has 6 aliphatic rings. The van der Waals surface area contributed by atoms with Crippen LogP contribution in [-0.4, -0.2) is 110 Å². The van der Waals surface area contributed by atoms with Gasteiger partial charge in [-0.2, -0.15) is 0 Å². The molecule has 12 nitrogen and oxygen atoms in total. The third-order valence-corrected chi connectivity index (χ3v) is 12.4. The van der Waals surface area contributed by atoms with Crippen molar-refractivity contribution in [1.29, 1.82) is 0 Å². The summed E-state index contributed by atoms with van der Waals surface area (Å²) in [5.74, 6) is 0.226. The van der Waals surface area contributed by atoms with Gasteiger partial charge in [0.25, 0.3) is 0 Å². The molecule has 2 spiro atoms. The highest BCUT2D eigenvalue weighted by Gasteiger charge is 2.45. The van der Waals surface area contributed by atoms with Crippen molar-refractivity contribution in [1.82, 2.24) is 9.80 Å². The Kier molecular flexibility index (Phi) is 11.4. The van der Waals surface area contributed by atoms with Crippen molar-refractivity contribution in [2.24, 2.45) is 0 Å². The highest BCUT2D eigenvalue weighted by Crippen LogP contribution is 2.46. The Morgan fingerprint density at radius 1 is 0.736 bits per heavy atom. The maximum Gasteiger partial charge on any atom is 0.210 e. The Hall–Kier alpha value is -3.62. The Balaban J connectivity index is 0.000000164. The minimum absolute atomic E-state index is 0.00546. The molecule has 0 bridgehead atoms. The molecule has 286 valence electrons. The molecule has 2 N–H and O–H groups in total. The lowest BCUT2D eigenvalue weighted by Gasteiger charge is -2.43. The minimum Gasteiger partial charge on any atom is -0.504 e. The molecule has 0 saturated carbocycles. The summed E-state index contributed by atoms with van der Waals surface area (Å²) < 4.78 is 34.7. The van der Waals surface area contributed by atoms with Crippen LogP contribution in [0.3, 0.4) is 0 Å². The van der Waals surface area contributed by atoms with Crippen LogP contribution in [0.4, 0.5) is 0 Å². The first kappa shape index (κ1) is 37.7. The molecular weight excluding hydrogens is 748 g/mol. The average molecular weight is 798 g/mol. The van der Waals surface area contributed by atoms with E-state index in [1.807, 2.05) is 15.9 Å². The van der Waals surface area contributed by atoms with E-state index in [-0.39, 0.29) is 23.6 Å². The zero-order valence-corrected chi connectivity index (χ0v) is 32.0. The Morgan fingerprint density at radius 2 is 1.25 bits per heavy atom. The maximum absolute atomic E-state index is 11.7. The smallest absolute Gasteiger partial charge is 0.210 e. The zero-order valence-electron chi connectivity index (χ0n) is 30.4. The summed E-state index contributed by atoms with van der Waals surface area (Å²) in [5.41, 5.74) is 7.33. The number of phenols is 2. The number of nitrogens with zero attached hydrogens (tertiary/aromatic N) is 2. The van der Waals surface area contributed by atoms with E-state index < -0.39 is 11.6 Å². The molecule has 0 aromatic heterocycles. The standard InChI is InChI=1S/C20H24BrNO5.C20H25NO5/c1-25-19-10-16(21)14(9-18(19)24)8-17-15-2-4-20(26-6-7-27-20)11-13(15)3-5-22(17)12-23;1-24-19-3-2-14(11-18(19)23)10-17-16-4-6-20(25-8-9-26-20)12-15(16)5-7-21(17)13-22/h9-10,12,17,24H,2-8,11H2,1H3;2-3,11,13,17,23H,4-10,12H2,1H3. The second-order valence-electron chi connectivity index (χ2n) is 14.6. The van der Waals surface area contributed by atoms with Crippen molar-refractivity contribution in [3.63, 3.8) is 0 Å². The Morgan fingerprint density at radius 3 is 1.74 bits per heavy atom. The number of hydrogen-bond acceptors (Lipinski definition) is 10. The fraction of sp³-hybridized carbons (Fsp3) is 0.550. The van der Waals surface area contributed by atoms with Gasteiger partial charge in [0, 0.05) is 43.2 Å². The minimum atomic E-state index is -0.453. The van der Waals surface area contributed by atoms with Crippen LogP contribution in [0.5, 0.6) is 23.0 Å². The highest BCUT2D eigenvalue weighted by atomic mass is 79.9. The second kappa shape index (κ2) is 16.0. The number of carbonyl (C=O) groups excluding carboxylic acids is 2. The number of rotatable bonds is 8. The lowest BCUT2D eigenvalue weighted by Crippen LogP contribution is -2.46. The first-order chi connectivity index (χ1) is 25.7. The van der Waals surface area contributed by atoms with Crippen molar-refractivity contribution < 1.29 is 48.2 Å². The predicted octanol–water partition coefficient (Wildman–Crippen LogP) is 5.56. The van der Waals surface area contributed by atoms with Crippen LogP contribution in [0.1, 0.15) is 62.5 Å². The summed E-state index contributed by atoms with van der Waals surface area (Å²) >= 11 is 3.57. The number of hydrogen-bond donors (Lipinski definition) is 2. The van der Waals surface area contributed by atoms with E-state index >= 15 is 0 Å². The number of halogens is 1. The first-order valence-corrected chi connectivity index (χ1v) is 19.3. The molecule has 4 heterocycles. The van der Waals surface area contributed by atoms with Gasteiger partial charge in [-0.25, -0.2) is 0 Å². The van der Waals surface area contributed by atoms with Gasteiger partial charge in [0.1, 0.15) is 0 Å². The molecule has 2 aromatic carbocycles. The maximum atomic E-state index is 11.7. The fourth-order valence-corrected chi connectivity index (χ4v) is 9.51. The number of benzene rings is 2. The van der Waals surface area contributed by atoms with Crippen LogP contribution >= 0.6 is 15.9 Å². The molecule has 0 radical (unpaired) electrons. The molecule has 2 aromatic rings. The predicted molar refractivity (Wildman–Crippen MR) is 198 cm³/mol. The molecule has 2 fully saturated rings. The number of carbonyl (C=O) groups is 2. The second-order valence-corrected chi connectivity index (χ2v) is 15.4. The van der Waals surface area contributed by atoms with Crippen LogP contribution < -0.4 is 9.47 Å². The van der Waals surface area contributed by atoms with Gasteiger partial charge in [0.15, 0.2) is 34.6 Å². The lowest BCUT2D eigenvalue weighted by atomic mass is 9.78. The van der Waals surface area contributed by atoms with Gasteiger partial charge >= 0.3 is 0 Å². The van der Waals surface area contributed by atoms with Crippen molar-refractivity contribution in [3.05, 3.63) is 68.2 Å². The van der Waals surface area contributed by atoms with Gasteiger partial charge in [0.2, 0.25) is 12.8 Å². The molecule has 2 aliphatic carbocycles. The molecular formula is C40H49BrN2O10. The van der Waals surface area contributed by atoms with Gasteiger partial charge in [0.05, 0.1) is 52.7 Å². The SMILES string of the molecule is COc1cc(Br)c(CC2C3=C(CCN2C=O)CC2(CC3)OCCO2)cc1O.COc1ccc(CC2C3=C(CCN2C=O)CC2(CC3)OCCO2)cc1O. The van der Waals surface area contributed by atoms with E-state index in [1.54, 1.807) is 24.3 Å². The monoisotopic (exact) mass is 796 g/mol. The highest BCUT2D eigenvalue weighted by molar-refractivity contribution is 9.10. The van der Waals surface area contributed by atoms with Crippen LogP contribution in [0.15, 0.2) is 57.1 Å². The van der Waals surface area contributed by atoms with E-state index in [0.717, 1.165) is 79.8 Å². The van der Waals surface area contributed by atoms with E-state index in [9.17, 15) is 19.8 Å². The van der Waals surface area contributed by atoms with Gasteiger partial charge in [-0.15, -0.1) is 0 Å². The fourth-order valence-electron chi connectivity index (χ4n) is 9.02. The van der Waals surface area contributed by atoms with Crippen molar-refractivity contribution >= 4 is 28.8 Å². The van der Waals surface area contributed by atoms with Crippen molar-refractivity contribution in [2.75, 3.05) is 53.7 Å². The number of methoxy groups -OCH3 is 2. The van der Waals surface area contributed by atoms with Gasteiger partial charge < -0.3 is 48.4 Å². The van der Waals surface area contributed by atoms with Crippen LogP contribution in [0, 0.1) is 0 Å². The molecule has 2 saturated heterocycles. The Bertz CT molecular complexity index is 1750. The normalized spacial score (nSPS) is 24.4. The third kappa shape index (κ3) is 7.82. The number of amides is 2. The molecule has 8 rings (SSSR count). The Labute approximate surface area is 318 Å². The average Bonchev–Trinajstić information content (AvgIpc) is 3.82. The van der Waals surface area contributed by atoms with Crippen molar-refractivity contribution in [2.45, 2.75) is 87.9 Å². The molecule has 13 heteroatoms. The van der Waals surface area contributed by atoms with E-state index in [1.165, 1.54) is 36.5 Å². The third-order valence-electron chi connectivity index (χ3n) is 11.7. The molecule has 2 unspecified atom stereocenters. The van der Waals surface area contributed by atoms with Gasteiger partial charge in [-0.3, -0.25) is 9.59 Å². The van der Waals surface area contributed by atoms with E-state index in [2.05, 4.69) is 15.9 Å². The molecule has 2 atom stereocenters. The van der Waals surface area contributed by atoms with Gasteiger partial charge in [-0.1, -0.05) is 33.1 Å². The summed E-state index contributed by atoms with van der Waals surface area (Å²) in [4.78, 5) is 27.1. The van der Waals surface area contributed by atoms with Gasteiger partial charge in [-0.05, 0) is 85.1 Å². The topological polar surface area (TPSA) is 136 Å². The first-order valence-electron chi connectivity index (χ1n) is 18.5. The van der Waals surface area contributed by atoms with E-state index in [0.29, 0.717) is 63.9 Å². The van der Waals surface area contributed by atoms with Crippen LogP contribution in [0.2, 0.25) is 0 Å². The number of phenolic OH excluding ortho intramolecular Hbond substituents is 2. The lowest BCUT2D eigenvalue weighted by molar-refractivity contribution is -0.165. The number of aromatic hydroxyl groups is 2. The summed E-state index contributed by atoms with van der Waals surface area (Å²) in [6, 6.07) is 8.95.